The molecule has 2 rings (SSSR count). The van der Waals surface area contributed by atoms with Gasteiger partial charge in [-0.15, -0.1) is 0 Å². The minimum absolute atomic E-state index is 0.0882. The van der Waals surface area contributed by atoms with Crippen molar-refractivity contribution in [3.63, 3.8) is 0 Å². The Labute approximate surface area is 158 Å². The average Bonchev–Trinajstić information content (AvgIpc) is 2.62. The summed E-state index contributed by atoms with van der Waals surface area (Å²) in [5.41, 5.74) is 1.36. The topological polar surface area (TPSA) is 113 Å². The molecule has 0 unspecified atom stereocenters. The summed E-state index contributed by atoms with van der Waals surface area (Å²) in [6.45, 7) is 3.16. The quantitative estimate of drug-likeness (QED) is 0.698. The number of sulfonamides is 1. The summed E-state index contributed by atoms with van der Waals surface area (Å²) < 4.78 is 32.8. The normalized spacial score (nSPS) is 12.4. The summed E-state index contributed by atoms with van der Waals surface area (Å²) in [5, 5.41) is 11.2. The number of carbonyl (C=O) groups is 2. The van der Waals surface area contributed by atoms with Crippen LogP contribution in [0.15, 0.2) is 47.4 Å². The third-order valence-electron chi connectivity index (χ3n) is 4.21. The fourth-order valence-corrected chi connectivity index (χ4v) is 4.17. The summed E-state index contributed by atoms with van der Waals surface area (Å²) in [4.78, 5) is 23.0. The highest BCUT2D eigenvalue weighted by Crippen LogP contribution is 2.22. The highest BCUT2D eigenvalue weighted by Gasteiger charge is 2.28. The van der Waals surface area contributed by atoms with Crippen LogP contribution in [0.4, 0.5) is 0 Å². The second kappa shape index (κ2) is 8.32. The van der Waals surface area contributed by atoms with Gasteiger partial charge in [0.15, 0.2) is 0 Å². The molecular formula is C19H20NO6S-. The fourth-order valence-electron chi connectivity index (χ4n) is 2.64. The van der Waals surface area contributed by atoms with Crippen LogP contribution in [0.2, 0.25) is 0 Å². The molecule has 0 aliphatic rings. The molecule has 7 nitrogen and oxygen atoms in total. The van der Waals surface area contributed by atoms with Crippen molar-refractivity contribution < 1.29 is 27.9 Å². The standard InChI is InChI=1S/C19H21NO6S/c1-12-9-15(18(21)22)11-17(13(12)2)27(24,25)20-16(19(23)26-3)10-14-7-5-4-6-8-14/h4-9,11,16,20H,10H2,1-3H3,(H,21,22)/p-1/t16-/m0/s1. The number of carbonyl (C=O) groups excluding carboxylic acids is 2. The summed E-state index contributed by atoms with van der Waals surface area (Å²) in [5.74, 6) is -2.23. The summed E-state index contributed by atoms with van der Waals surface area (Å²) in [7, 11) is -3.02. The van der Waals surface area contributed by atoms with E-state index in [4.69, 9.17) is 4.74 Å². The van der Waals surface area contributed by atoms with Crippen molar-refractivity contribution in [2.24, 2.45) is 0 Å². The number of carboxylic acids is 1. The summed E-state index contributed by atoms with van der Waals surface area (Å²) in [6, 6.07) is 10.1. The lowest BCUT2D eigenvalue weighted by atomic mass is 10.1. The molecule has 0 spiro atoms. The molecule has 144 valence electrons. The molecule has 0 saturated carbocycles. The predicted octanol–water partition coefficient (Wildman–Crippen LogP) is 0.730. The molecule has 0 fully saturated rings. The maximum Gasteiger partial charge on any atom is 0.324 e. The van der Waals surface area contributed by atoms with Gasteiger partial charge < -0.3 is 14.6 Å². The fraction of sp³-hybridized carbons (Fsp3) is 0.263. The lowest BCUT2D eigenvalue weighted by molar-refractivity contribution is -0.255. The van der Waals surface area contributed by atoms with E-state index in [1.54, 1.807) is 44.2 Å². The molecule has 2 aromatic carbocycles. The van der Waals surface area contributed by atoms with Crippen molar-refractivity contribution in [1.82, 2.24) is 4.72 Å². The van der Waals surface area contributed by atoms with E-state index in [1.807, 2.05) is 0 Å². The maximum absolute atomic E-state index is 12.9. The molecule has 8 heteroatoms. The van der Waals surface area contributed by atoms with Gasteiger partial charge in [0, 0.05) is 0 Å². The highest BCUT2D eigenvalue weighted by atomic mass is 32.2. The first-order valence-corrected chi connectivity index (χ1v) is 9.60. The lowest BCUT2D eigenvalue weighted by Crippen LogP contribution is -2.43. The Kier molecular flexibility index (Phi) is 6.35. The Bertz CT molecular complexity index is 954. The largest absolute Gasteiger partial charge is 0.545 e. The van der Waals surface area contributed by atoms with Crippen molar-refractivity contribution in [3.8, 4) is 0 Å². The van der Waals surface area contributed by atoms with Crippen molar-refractivity contribution in [2.75, 3.05) is 7.11 Å². The zero-order valence-corrected chi connectivity index (χ0v) is 16.0. The molecule has 0 aliphatic carbocycles. The third-order valence-corrected chi connectivity index (χ3v) is 5.81. The molecular weight excluding hydrogens is 370 g/mol. The van der Waals surface area contributed by atoms with Crippen LogP contribution in [-0.2, 0) is 26.0 Å². The van der Waals surface area contributed by atoms with Crippen molar-refractivity contribution in [1.29, 1.82) is 0 Å². The average molecular weight is 390 g/mol. The zero-order valence-electron chi connectivity index (χ0n) is 15.2. The molecule has 27 heavy (non-hydrogen) atoms. The van der Waals surface area contributed by atoms with Gasteiger partial charge in [0.05, 0.1) is 18.0 Å². The molecule has 0 aliphatic heterocycles. The van der Waals surface area contributed by atoms with Gasteiger partial charge in [-0.2, -0.15) is 4.72 Å². The number of aryl methyl sites for hydroxylation is 1. The number of ether oxygens (including phenoxy) is 1. The Morgan fingerprint density at radius 1 is 1.15 bits per heavy atom. The van der Waals surface area contributed by atoms with E-state index in [9.17, 15) is 23.1 Å². The van der Waals surface area contributed by atoms with Gasteiger partial charge in [-0.3, -0.25) is 4.79 Å². The van der Waals surface area contributed by atoms with Gasteiger partial charge in [-0.05, 0) is 54.7 Å². The van der Waals surface area contributed by atoms with E-state index in [2.05, 4.69) is 4.72 Å². The number of hydrogen-bond acceptors (Lipinski definition) is 6. The SMILES string of the molecule is COC(=O)[C@H](Cc1ccccc1)NS(=O)(=O)c1cc(C(=O)[O-])cc(C)c1C. The Morgan fingerprint density at radius 2 is 1.78 bits per heavy atom. The van der Waals surface area contributed by atoms with Crippen LogP contribution < -0.4 is 9.83 Å². The number of carboxylic acid groups (broad SMARTS) is 1. The van der Waals surface area contributed by atoms with Crippen LogP contribution in [0.3, 0.4) is 0 Å². The second-order valence-corrected chi connectivity index (χ2v) is 7.77. The molecule has 0 amide bonds. The molecule has 0 heterocycles. The Hall–Kier alpha value is -2.71. The van der Waals surface area contributed by atoms with Gasteiger partial charge in [0.1, 0.15) is 6.04 Å². The van der Waals surface area contributed by atoms with E-state index in [0.29, 0.717) is 11.1 Å². The molecule has 0 bridgehead atoms. The van der Waals surface area contributed by atoms with E-state index in [-0.39, 0.29) is 16.9 Å². The molecule has 2 aromatic rings. The van der Waals surface area contributed by atoms with E-state index in [0.717, 1.165) is 11.6 Å². The van der Waals surface area contributed by atoms with E-state index < -0.39 is 28.0 Å². The first-order chi connectivity index (χ1) is 12.7. The van der Waals surface area contributed by atoms with Crippen LogP contribution >= 0.6 is 0 Å². The molecule has 1 atom stereocenters. The highest BCUT2D eigenvalue weighted by molar-refractivity contribution is 7.89. The van der Waals surface area contributed by atoms with Crippen molar-refractivity contribution in [2.45, 2.75) is 31.2 Å². The van der Waals surface area contributed by atoms with Crippen molar-refractivity contribution in [3.05, 3.63) is 64.7 Å². The van der Waals surface area contributed by atoms with Gasteiger partial charge in [0.25, 0.3) is 0 Å². The van der Waals surface area contributed by atoms with Gasteiger partial charge >= 0.3 is 5.97 Å². The zero-order chi connectivity index (χ0) is 20.2. The summed E-state index contributed by atoms with van der Waals surface area (Å²) >= 11 is 0. The Morgan fingerprint density at radius 3 is 2.33 bits per heavy atom. The minimum atomic E-state index is -4.19. The van der Waals surface area contributed by atoms with Crippen LogP contribution in [-0.4, -0.2) is 33.5 Å². The number of aromatic carboxylic acids is 1. The van der Waals surface area contributed by atoms with Gasteiger partial charge in [-0.25, -0.2) is 8.42 Å². The number of hydrogen-bond donors (Lipinski definition) is 1. The van der Waals surface area contributed by atoms with Crippen LogP contribution in [0.5, 0.6) is 0 Å². The first-order valence-electron chi connectivity index (χ1n) is 8.12. The summed E-state index contributed by atoms with van der Waals surface area (Å²) in [6.07, 6.45) is 0.0882. The van der Waals surface area contributed by atoms with Gasteiger partial charge in [-0.1, -0.05) is 30.3 Å². The third kappa shape index (κ3) is 4.93. The van der Waals surface area contributed by atoms with Crippen LogP contribution in [0.25, 0.3) is 0 Å². The number of rotatable bonds is 7. The molecule has 0 saturated heterocycles. The lowest BCUT2D eigenvalue weighted by Gasteiger charge is -2.19. The molecule has 1 N–H and O–H groups in total. The van der Waals surface area contributed by atoms with Crippen molar-refractivity contribution >= 4 is 22.0 Å². The van der Waals surface area contributed by atoms with Crippen LogP contribution in [0, 0.1) is 13.8 Å². The minimum Gasteiger partial charge on any atom is -0.545 e. The maximum atomic E-state index is 12.9. The van der Waals surface area contributed by atoms with Gasteiger partial charge in [0.2, 0.25) is 10.0 Å². The number of nitrogens with one attached hydrogen (secondary N) is 1. The number of esters is 1. The smallest absolute Gasteiger partial charge is 0.324 e. The second-order valence-electron chi connectivity index (χ2n) is 6.09. The van der Waals surface area contributed by atoms with E-state index in [1.165, 1.54) is 13.2 Å². The Balaban J connectivity index is 2.42. The number of benzene rings is 2. The molecule has 0 aromatic heterocycles. The monoisotopic (exact) mass is 390 g/mol. The van der Waals surface area contributed by atoms with E-state index >= 15 is 0 Å². The predicted molar refractivity (Wildman–Crippen MR) is 96.5 cm³/mol. The molecule has 0 radical (unpaired) electrons. The first kappa shape index (κ1) is 20.6. The van der Waals surface area contributed by atoms with Crippen LogP contribution in [0.1, 0.15) is 27.0 Å². The number of methoxy groups -OCH3 is 1.